The highest BCUT2D eigenvalue weighted by molar-refractivity contribution is 6.28. The third-order valence-corrected chi connectivity index (χ3v) is 14.9. The van der Waals surface area contributed by atoms with E-state index in [0.29, 0.717) is 0 Å². The molecule has 0 aliphatic heterocycles. The highest BCUT2D eigenvalue weighted by Gasteiger charge is 2.29. The quantitative estimate of drug-likeness (QED) is 0.151. The Balaban J connectivity index is 1.27. The number of aromatic nitrogens is 1. The zero-order chi connectivity index (χ0) is 49.1. The fourth-order valence-electron chi connectivity index (χ4n) is 10.9. The van der Waals surface area contributed by atoms with Crippen molar-refractivity contribution in [1.82, 2.24) is 4.57 Å². The predicted molar refractivity (Wildman–Crippen MR) is 305 cm³/mol. The highest BCUT2D eigenvalue weighted by Crippen LogP contribution is 2.51. The van der Waals surface area contributed by atoms with Crippen molar-refractivity contribution < 1.29 is 0 Å². The molecule has 2 nitrogen and oxygen atoms in total. The zero-order valence-electron chi connectivity index (χ0n) is 43.2. The first-order chi connectivity index (χ1) is 33.3. The number of hydrogen-bond acceptors (Lipinski definition) is 1. The molecule has 70 heavy (non-hydrogen) atoms. The number of anilines is 3. The van der Waals surface area contributed by atoms with Gasteiger partial charge in [-0.3, -0.25) is 0 Å². The van der Waals surface area contributed by atoms with E-state index in [9.17, 15) is 0 Å². The highest BCUT2D eigenvalue weighted by atomic mass is 15.1. The first kappa shape index (κ1) is 45.3. The van der Waals surface area contributed by atoms with Crippen molar-refractivity contribution in [2.75, 3.05) is 4.90 Å². The minimum absolute atomic E-state index is 0.0470. The average molecular weight is 911 g/mol. The van der Waals surface area contributed by atoms with Crippen LogP contribution >= 0.6 is 0 Å². The molecule has 1 heterocycles. The van der Waals surface area contributed by atoms with Gasteiger partial charge in [-0.1, -0.05) is 223 Å². The van der Waals surface area contributed by atoms with Crippen molar-refractivity contribution in [2.24, 2.45) is 0 Å². The van der Waals surface area contributed by atoms with E-state index in [1.807, 2.05) is 0 Å². The van der Waals surface area contributed by atoms with Crippen molar-refractivity contribution in [1.29, 1.82) is 0 Å². The molecule has 0 bridgehead atoms. The van der Waals surface area contributed by atoms with Crippen molar-refractivity contribution in [3.63, 3.8) is 0 Å². The molecular weight excluding hydrogens is 845 g/mol. The second kappa shape index (κ2) is 16.2. The summed E-state index contributed by atoms with van der Waals surface area (Å²) in [5.41, 5.74) is 17.0. The Morgan fingerprint density at radius 2 is 0.800 bits per heavy atom. The number of hydrogen-bond donors (Lipinski definition) is 0. The summed E-state index contributed by atoms with van der Waals surface area (Å²) in [5.74, 6) is 0. The first-order valence-electron chi connectivity index (χ1n) is 25.3. The number of fused-ring (bicyclic) bond motifs is 3. The van der Waals surface area contributed by atoms with E-state index in [1.165, 1.54) is 110 Å². The molecule has 0 amide bonds. The zero-order valence-corrected chi connectivity index (χ0v) is 43.2. The molecule has 0 saturated heterocycles. The van der Waals surface area contributed by atoms with Crippen molar-refractivity contribution in [3.05, 3.63) is 204 Å². The van der Waals surface area contributed by atoms with Crippen LogP contribution in [-0.2, 0) is 21.7 Å². The van der Waals surface area contributed by atoms with E-state index in [2.05, 4.69) is 275 Å². The Kier molecular flexibility index (Phi) is 10.5. The van der Waals surface area contributed by atoms with E-state index in [0.717, 1.165) is 11.4 Å². The van der Waals surface area contributed by atoms with Crippen LogP contribution in [0, 0.1) is 0 Å². The number of para-hydroxylation sites is 2. The molecule has 11 rings (SSSR count). The Bertz CT molecular complexity index is 3710. The van der Waals surface area contributed by atoms with E-state index >= 15 is 0 Å². The topological polar surface area (TPSA) is 8.17 Å². The predicted octanol–water partition coefficient (Wildman–Crippen LogP) is 19.7. The number of nitrogens with zero attached hydrogens (tertiary/aromatic N) is 2. The molecule has 0 N–H and O–H groups in total. The molecule has 348 valence electrons. The fourth-order valence-corrected chi connectivity index (χ4v) is 10.9. The second-order valence-corrected chi connectivity index (χ2v) is 23.9. The summed E-state index contributed by atoms with van der Waals surface area (Å²) >= 11 is 0. The SMILES string of the molecule is CC(C)(C)c1cc(-c2ccc(C(C)(C)C)cc2N(c2ccc(C(C)(C)C)cc2-c2ccccc2)c2ccc3ccc4c(-n5c6ccccc6c6ccccc65)ccc5ccc2c3c54)cc(C(C)(C)C)c1. The monoisotopic (exact) mass is 911 g/mol. The van der Waals surface area contributed by atoms with Crippen molar-refractivity contribution in [2.45, 2.75) is 105 Å². The van der Waals surface area contributed by atoms with Gasteiger partial charge in [0.15, 0.2) is 0 Å². The summed E-state index contributed by atoms with van der Waals surface area (Å²) in [6.07, 6.45) is 0. The van der Waals surface area contributed by atoms with Crippen LogP contribution in [0.2, 0.25) is 0 Å². The lowest BCUT2D eigenvalue weighted by molar-refractivity contribution is 0.569. The summed E-state index contributed by atoms with van der Waals surface area (Å²) in [4.78, 5) is 2.62. The molecule has 10 aromatic carbocycles. The van der Waals surface area contributed by atoms with Gasteiger partial charge in [0, 0.05) is 32.7 Å². The minimum atomic E-state index is -0.104. The molecular formula is C68H66N2. The van der Waals surface area contributed by atoms with Gasteiger partial charge in [0.1, 0.15) is 0 Å². The lowest BCUT2D eigenvalue weighted by atomic mass is 9.78. The van der Waals surface area contributed by atoms with Crippen LogP contribution in [0.1, 0.15) is 105 Å². The summed E-state index contributed by atoms with van der Waals surface area (Å²) in [5, 5.41) is 10.1. The van der Waals surface area contributed by atoms with Crippen molar-refractivity contribution in [3.8, 4) is 27.9 Å². The van der Waals surface area contributed by atoms with Gasteiger partial charge < -0.3 is 9.47 Å². The minimum Gasteiger partial charge on any atom is -0.309 e. The third-order valence-electron chi connectivity index (χ3n) is 14.9. The van der Waals surface area contributed by atoms with Gasteiger partial charge >= 0.3 is 0 Å². The van der Waals surface area contributed by atoms with Crippen LogP contribution in [0.15, 0.2) is 182 Å². The molecule has 0 aliphatic rings. The molecule has 11 aromatic rings. The summed E-state index contributed by atoms with van der Waals surface area (Å²) < 4.78 is 2.48. The van der Waals surface area contributed by atoms with Gasteiger partial charge in [-0.15, -0.1) is 0 Å². The summed E-state index contributed by atoms with van der Waals surface area (Å²) in [6, 6.07) is 69.5. The van der Waals surface area contributed by atoms with Crippen LogP contribution in [0.3, 0.4) is 0 Å². The molecule has 0 fully saturated rings. The molecule has 0 radical (unpaired) electrons. The van der Waals surface area contributed by atoms with Gasteiger partial charge in [-0.05, 0) is 119 Å². The normalized spacial score (nSPS) is 12.9. The molecule has 0 aliphatic carbocycles. The maximum Gasteiger partial charge on any atom is 0.0543 e. The van der Waals surface area contributed by atoms with Gasteiger partial charge in [0.25, 0.3) is 0 Å². The summed E-state index contributed by atoms with van der Waals surface area (Å²) in [6.45, 7) is 28.0. The van der Waals surface area contributed by atoms with E-state index in [-0.39, 0.29) is 21.7 Å². The Hall–Kier alpha value is -7.16. The Morgan fingerprint density at radius 1 is 0.314 bits per heavy atom. The van der Waals surface area contributed by atoms with E-state index < -0.39 is 0 Å². The van der Waals surface area contributed by atoms with Crippen LogP contribution in [0.5, 0.6) is 0 Å². The van der Waals surface area contributed by atoms with Gasteiger partial charge in [0.05, 0.1) is 33.8 Å². The fraction of sp³-hybridized carbons (Fsp3) is 0.235. The largest absolute Gasteiger partial charge is 0.309 e. The Labute approximate surface area is 415 Å². The van der Waals surface area contributed by atoms with Crippen LogP contribution in [0.4, 0.5) is 17.1 Å². The van der Waals surface area contributed by atoms with Crippen molar-refractivity contribution >= 4 is 71.2 Å². The van der Waals surface area contributed by atoms with E-state index in [1.54, 1.807) is 0 Å². The van der Waals surface area contributed by atoms with Gasteiger partial charge in [-0.2, -0.15) is 0 Å². The molecule has 2 heteroatoms. The molecule has 1 aromatic heterocycles. The summed E-state index contributed by atoms with van der Waals surface area (Å²) in [7, 11) is 0. The molecule has 0 atom stereocenters. The third kappa shape index (κ3) is 7.64. The number of benzene rings is 10. The van der Waals surface area contributed by atoms with E-state index in [4.69, 9.17) is 0 Å². The number of rotatable bonds is 6. The molecule has 0 saturated carbocycles. The maximum atomic E-state index is 2.62. The maximum absolute atomic E-state index is 2.62. The van der Waals surface area contributed by atoms with Crippen LogP contribution in [-0.4, -0.2) is 4.57 Å². The Morgan fingerprint density at radius 3 is 1.40 bits per heavy atom. The van der Waals surface area contributed by atoms with Crippen LogP contribution in [0.25, 0.3) is 82.1 Å². The first-order valence-corrected chi connectivity index (χ1v) is 25.3. The standard InChI is InChI=1S/C68H66N2/c1-65(2,3)47-31-37-61(56(41-47)43-20-14-13-15-21-43)70(62-42-48(66(4,5)6)30-34-51(62)46-38-49(67(7,8)9)40-50(39-46)68(10,11)12)60-36-29-45-26-32-54-59(35-28-44-27-33-55(60)64(45)63(44)54)69-57-24-18-16-22-52(57)53-23-17-19-25-58(53)69/h13-42H,1-12H3. The second-order valence-electron chi connectivity index (χ2n) is 23.9. The lowest BCUT2D eigenvalue weighted by Gasteiger charge is -2.34. The van der Waals surface area contributed by atoms with Gasteiger partial charge in [0.2, 0.25) is 0 Å². The molecule has 0 unspecified atom stereocenters. The average Bonchev–Trinajstić information content (AvgIpc) is 3.66. The van der Waals surface area contributed by atoms with Crippen LogP contribution < -0.4 is 4.90 Å². The lowest BCUT2D eigenvalue weighted by Crippen LogP contribution is -2.18. The smallest absolute Gasteiger partial charge is 0.0543 e. The van der Waals surface area contributed by atoms with Gasteiger partial charge in [-0.25, -0.2) is 0 Å². The molecule has 0 spiro atoms.